The number of hydrogen-bond donors (Lipinski definition) is 1. The molecule has 3 heterocycles. The summed E-state index contributed by atoms with van der Waals surface area (Å²) in [6.45, 7) is 1.20. The summed E-state index contributed by atoms with van der Waals surface area (Å²) in [5.74, 6) is -2.56. The van der Waals surface area contributed by atoms with Crippen molar-refractivity contribution in [3.05, 3.63) is 75.3 Å². The van der Waals surface area contributed by atoms with Crippen molar-refractivity contribution >= 4 is 41.1 Å². The van der Waals surface area contributed by atoms with Gasteiger partial charge in [0.1, 0.15) is 23.6 Å². The van der Waals surface area contributed by atoms with Gasteiger partial charge in [0, 0.05) is 17.9 Å². The van der Waals surface area contributed by atoms with Gasteiger partial charge in [0.25, 0.3) is 23.4 Å². The molecule has 5 rings (SSSR count). The highest BCUT2D eigenvalue weighted by Crippen LogP contribution is 2.46. The number of carbonyl (C=O) groups is 4. The molecule has 2 saturated heterocycles. The Hall–Kier alpha value is -3.77. The summed E-state index contributed by atoms with van der Waals surface area (Å²) in [7, 11) is 0. The third-order valence-electron chi connectivity index (χ3n) is 6.32. The molecule has 2 aromatic carbocycles. The van der Waals surface area contributed by atoms with Gasteiger partial charge in [-0.2, -0.15) is 0 Å². The van der Waals surface area contributed by atoms with E-state index in [2.05, 4.69) is 0 Å². The first-order valence-electron chi connectivity index (χ1n) is 10.6. The zero-order valence-corrected chi connectivity index (χ0v) is 19.1. The summed E-state index contributed by atoms with van der Waals surface area (Å²) in [6, 6.07) is 9.31. The zero-order valence-electron chi connectivity index (χ0n) is 18.3. The van der Waals surface area contributed by atoms with Gasteiger partial charge < -0.3 is 14.7 Å². The van der Waals surface area contributed by atoms with Crippen molar-refractivity contribution in [3.8, 4) is 0 Å². The Bertz CT molecular complexity index is 1240. The Kier molecular flexibility index (Phi) is 5.37. The number of rotatable bonds is 5. The second kappa shape index (κ2) is 8.17. The van der Waals surface area contributed by atoms with Crippen LogP contribution in [0.3, 0.4) is 0 Å². The number of nitro groups is 1. The monoisotopic (exact) mass is 497 g/mol. The average Bonchev–Trinajstić information content (AvgIpc) is 3.08. The quantitative estimate of drug-likeness (QED) is 0.212. The van der Waals surface area contributed by atoms with Crippen molar-refractivity contribution in [2.24, 2.45) is 0 Å². The summed E-state index contributed by atoms with van der Waals surface area (Å²) < 4.78 is 5.34. The van der Waals surface area contributed by atoms with E-state index in [-0.39, 0.29) is 29.2 Å². The molecule has 35 heavy (non-hydrogen) atoms. The van der Waals surface area contributed by atoms with E-state index in [1.165, 1.54) is 60.0 Å². The van der Waals surface area contributed by atoms with E-state index in [1.807, 2.05) is 0 Å². The number of thioether (sulfide) groups is 1. The molecule has 3 aliphatic heterocycles. The lowest BCUT2D eigenvalue weighted by atomic mass is 9.90. The van der Waals surface area contributed by atoms with Gasteiger partial charge in [-0.25, -0.2) is 4.79 Å². The van der Waals surface area contributed by atoms with Gasteiger partial charge in [0.15, 0.2) is 6.04 Å². The maximum atomic E-state index is 13.2. The minimum absolute atomic E-state index is 0.0679. The van der Waals surface area contributed by atoms with Crippen LogP contribution in [0.4, 0.5) is 5.69 Å². The van der Waals surface area contributed by atoms with Crippen LogP contribution in [-0.4, -0.2) is 72.3 Å². The molecule has 0 aliphatic carbocycles. The number of esters is 1. The number of β-lactam (4-membered cyclic amide) rings is 1. The number of amides is 3. The summed E-state index contributed by atoms with van der Waals surface area (Å²) in [5.41, 5.74) is -0.799. The van der Waals surface area contributed by atoms with E-state index in [9.17, 15) is 34.4 Å². The highest BCUT2D eigenvalue weighted by molar-refractivity contribution is 8.00. The van der Waals surface area contributed by atoms with Gasteiger partial charge >= 0.3 is 5.97 Å². The lowest BCUT2D eigenvalue weighted by molar-refractivity contribution is -0.384. The van der Waals surface area contributed by atoms with E-state index in [1.54, 1.807) is 12.1 Å². The van der Waals surface area contributed by atoms with Crippen molar-refractivity contribution in [1.29, 1.82) is 0 Å². The second-order valence-corrected chi connectivity index (χ2v) is 9.81. The van der Waals surface area contributed by atoms with Gasteiger partial charge in [0.2, 0.25) is 0 Å². The Labute approximate surface area is 202 Å². The van der Waals surface area contributed by atoms with Crippen molar-refractivity contribution in [2.75, 3.05) is 5.75 Å². The first-order valence-corrected chi connectivity index (χ1v) is 11.7. The van der Waals surface area contributed by atoms with E-state index in [0.29, 0.717) is 5.56 Å². The molecule has 0 bridgehead atoms. The topological polar surface area (TPSA) is 147 Å². The Morgan fingerprint density at radius 3 is 2.31 bits per heavy atom. The standard InChI is InChI=1S/C23H19N3O8S/c1-23(31)11-35-21-16(24-18(27)14-4-2-3-5-15(14)19(24)28)20(29)25(21)17(23)22(30)34-10-12-6-8-13(9-7-12)26(32)33/h2-9,16-17,21,31H,10-11H2,1H3/t16?,17?,21-,23+/m0/s1. The molecule has 0 aromatic heterocycles. The van der Waals surface area contributed by atoms with Crippen LogP contribution < -0.4 is 0 Å². The van der Waals surface area contributed by atoms with E-state index in [0.717, 1.165) is 4.90 Å². The third-order valence-corrected chi connectivity index (χ3v) is 7.90. The van der Waals surface area contributed by atoms with Gasteiger partial charge in [0.05, 0.1) is 16.1 Å². The second-order valence-electron chi connectivity index (χ2n) is 8.71. The number of ether oxygens (including phenoxy) is 1. The van der Waals surface area contributed by atoms with Crippen LogP contribution in [0.1, 0.15) is 33.2 Å². The molecule has 0 saturated carbocycles. The Balaban J connectivity index is 1.33. The number of imide groups is 1. The van der Waals surface area contributed by atoms with Crippen LogP contribution in [0.15, 0.2) is 48.5 Å². The van der Waals surface area contributed by atoms with Crippen LogP contribution in [-0.2, 0) is 20.9 Å². The molecule has 4 atom stereocenters. The fourth-order valence-corrected chi connectivity index (χ4v) is 6.03. The minimum Gasteiger partial charge on any atom is -0.459 e. The largest absolute Gasteiger partial charge is 0.459 e. The molecule has 0 radical (unpaired) electrons. The normalized spacial score (nSPS) is 27.3. The summed E-state index contributed by atoms with van der Waals surface area (Å²) in [5, 5.41) is 21.0. The number of carbonyl (C=O) groups excluding carboxylic acids is 4. The summed E-state index contributed by atoms with van der Waals surface area (Å²) >= 11 is 1.18. The maximum absolute atomic E-state index is 13.2. The van der Waals surface area contributed by atoms with Crippen molar-refractivity contribution in [1.82, 2.24) is 9.80 Å². The molecular weight excluding hydrogens is 478 g/mol. The number of aliphatic hydroxyl groups is 1. The van der Waals surface area contributed by atoms with Gasteiger partial charge in [-0.15, -0.1) is 11.8 Å². The Morgan fingerprint density at radius 2 is 1.74 bits per heavy atom. The van der Waals surface area contributed by atoms with E-state index in [4.69, 9.17) is 4.74 Å². The number of nitrogens with zero attached hydrogens (tertiary/aromatic N) is 3. The maximum Gasteiger partial charge on any atom is 0.332 e. The van der Waals surface area contributed by atoms with Gasteiger partial charge in [-0.1, -0.05) is 12.1 Å². The van der Waals surface area contributed by atoms with Crippen LogP contribution in [0.2, 0.25) is 0 Å². The molecule has 3 amide bonds. The molecule has 180 valence electrons. The average molecular weight is 497 g/mol. The Morgan fingerprint density at radius 1 is 1.14 bits per heavy atom. The van der Waals surface area contributed by atoms with Gasteiger partial charge in [-0.05, 0) is 36.8 Å². The SMILES string of the molecule is C[C@@]1(O)CS[C@H]2C(N3C(=O)c4ccccc4C3=O)C(=O)N2C1C(=O)OCc1ccc([N+](=O)[O-])cc1. The predicted molar refractivity (Wildman–Crippen MR) is 121 cm³/mol. The summed E-state index contributed by atoms with van der Waals surface area (Å²) in [4.78, 5) is 64.3. The van der Waals surface area contributed by atoms with Crippen molar-refractivity contribution < 1.29 is 33.9 Å². The zero-order chi connectivity index (χ0) is 25.1. The summed E-state index contributed by atoms with van der Waals surface area (Å²) in [6.07, 6.45) is 0. The van der Waals surface area contributed by atoms with Crippen LogP contribution in [0.25, 0.3) is 0 Å². The molecule has 2 aromatic rings. The number of benzene rings is 2. The molecule has 12 heteroatoms. The number of nitro benzene ring substituents is 1. The molecule has 2 fully saturated rings. The lowest BCUT2D eigenvalue weighted by Crippen LogP contribution is -2.79. The smallest absolute Gasteiger partial charge is 0.332 e. The fraction of sp³-hybridized carbons (Fsp3) is 0.304. The molecular formula is C23H19N3O8S. The van der Waals surface area contributed by atoms with Crippen molar-refractivity contribution in [3.63, 3.8) is 0 Å². The molecule has 2 unspecified atom stereocenters. The van der Waals surface area contributed by atoms with E-state index < -0.39 is 51.7 Å². The van der Waals surface area contributed by atoms with Crippen molar-refractivity contribution in [2.45, 2.75) is 36.6 Å². The highest BCUT2D eigenvalue weighted by Gasteiger charge is 2.65. The molecule has 3 aliphatic rings. The molecule has 0 spiro atoms. The first-order chi connectivity index (χ1) is 16.6. The van der Waals surface area contributed by atoms with Crippen LogP contribution in [0.5, 0.6) is 0 Å². The first kappa shape index (κ1) is 23.0. The number of hydrogen-bond acceptors (Lipinski definition) is 9. The van der Waals surface area contributed by atoms with Crippen LogP contribution >= 0.6 is 11.8 Å². The number of fused-ring (bicyclic) bond motifs is 2. The predicted octanol–water partition coefficient (Wildman–Crippen LogP) is 1.34. The number of non-ortho nitro benzene ring substituents is 1. The van der Waals surface area contributed by atoms with Gasteiger partial charge in [-0.3, -0.25) is 29.4 Å². The van der Waals surface area contributed by atoms with E-state index >= 15 is 0 Å². The lowest BCUT2D eigenvalue weighted by Gasteiger charge is -2.57. The highest BCUT2D eigenvalue weighted by atomic mass is 32.2. The molecule has 11 nitrogen and oxygen atoms in total. The minimum atomic E-state index is -1.61. The van der Waals surface area contributed by atoms with Crippen LogP contribution in [0, 0.1) is 10.1 Å². The molecule has 1 N–H and O–H groups in total. The fourth-order valence-electron chi connectivity index (χ4n) is 4.56. The third kappa shape index (κ3) is 3.56.